The quantitative estimate of drug-likeness (QED) is 0.566. The van der Waals surface area contributed by atoms with Crippen molar-refractivity contribution < 1.29 is 19.1 Å². The molecule has 1 aromatic rings. The van der Waals surface area contributed by atoms with Crippen molar-refractivity contribution in [3.05, 3.63) is 46.2 Å². The highest BCUT2D eigenvalue weighted by Crippen LogP contribution is 2.55. The van der Waals surface area contributed by atoms with Crippen LogP contribution in [0, 0.1) is 11.8 Å². The monoisotopic (exact) mass is 497 g/mol. The number of allylic oxidation sites excluding steroid dienone is 1. The van der Waals surface area contributed by atoms with Gasteiger partial charge in [0.25, 0.3) is 0 Å². The highest BCUT2D eigenvalue weighted by atomic mass is 32.1. The number of rotatable bonds is 7. The first-order valence-corrected chi connectivity index (χ1v) is 13.6. The fraction of sp³-hybridized carbons (Fsp3) is 0.593. The molecular weight excluding hydrogens is 462 g/mol. The van der Waals surface area contributed by atoms with E-state index in [0.717, 1.165) is 24.1 Å². The fourth-order valence-corrected chi connectivity index (χ4v) is 6.69. The zero-order valence-electron chi connectivity index (χ0n) is 20.7. The Morgan fingerprint density at radius 3 is 2.77 bits per heavy atom. The molecule has 2 bridgehead atoms. The number of likely N-dealkylation sites (tertiary alicyclic amines) is 1. The van der Waals surface area contributed by atoms with E-state index in [9.17, 15) is 14.4 Å². The van der Waals surface area contributed by atoms with Crippen LogP contribution in [0.1, 0.15) is 57.8 Å². The average molecular weight is 498 g/mol. The second-order valence-corrected chi connectivity index (χ2v) is 12.2. The summed E-state index contributed by atoms with van der Waals surface area (Å²) in [6.07, 6.45) is 10.7. The summed E-state index contributed by atoms with van der Waals surface area (Å²) in [5, 5.41) is 8.04. The van der Waals surface area contributed by atoms with Gasteiger partial charge in [0.05, 0.1) is 24.5 Å². The van der Waals surface area contributed by atoms with Crippen LogP contribution in [-0.4, -0.2) is 52.5 Å². The second-order valence-electron chi connectivity index (χ2n) is 11.1. The van der Waals surface area contributed by atoms with Crippen molar-refractivity contribution >= 4 is 29.1 Å². The number of nitrogens with zero attached hydrogens (tertiary/aromatic N) is 1. The predicted octanol–water partition coefficient (Wildman–Crippen LogP) is 3.32. The Labute approximate surface area is 211 Å². The number of ether oxygens (including phenoxy) is 1. The number of amides is 3. The highest BCUT2D eigenvalue weighted by molar-refractivity contribution is 7.09. The molecule has 1 aliphatic carbocycles. The first-order chi connectivity index (χ1) is 16.7. The van der Waals surface area contributed by atoms with Crippen LogP contribution in [0.4, 0.5) is 0 Å². The Kier molecular flexibility index (Phi) is 6.38. The molecule has 4 aliphatic rings. The minimum absolute atomic E-state index is 0.154. The van der Waals surface area contributed by atoms with Gasteiger partial charge < -0.3 is 20.3 Å². The smallest absolute Gasteiger partial charge is 0.246 e. The zero-order valence-corrected chi connectivity index (χ0v) is 21.5. The molecule has 0 radical (unpaired) electrons. The first-order valence-electron chi connectivity index (χ1n) is 12.7. The van der Waals surface area contributed by atoms with Crippen molar-refractivity contribution in [1.82, 2.24) is 15.5 Å². The number of nitrogens with one attached hydrogen (secondary N) is 2. The predicted molar refractivity (Wildman–Crippen MR) is 134 cm³/mol. The first kappa shape index (κ1) is 24.3. The van der Waals surface area contributed by atoms with E-state index in [-0.39, 0.29) is 17.7 Å². The van der Waals surface area contributed by atoms with Crippen molar-refractivity contribution in [2.45, 2.75) is 82.7 Å². The molecule has 35 heavy (non-hydrogen) atoms. The molecule has 2 N–H and O–H groups in total. The summed E-state index contributed by atoms with van der Waals surface area (Å²) in [5.41, 5.74) is -0.215. The third-order valence-corrected chi connectivity index (χ3v) is 8.38. The van der Waals surface area contributed by atoms with Crippen LogP contribution in [0.15, 0.2) is 41.3 Å². The lowest BCUT2D eigenvalue weighted by molar-refractivity contribution is -0.142. The number of fused-ring (bicyclic) bond motifs is 1. The van der Waals surface area contributed by atoms with Gasteiger partial charge in [0, 0.05) is 17.0 Å². The molecule has 0 saturated carbocycles. The van der Waals surface area contributed by atoms with E-state index in [4.69, 9.17) is 4.74 Å². The van der Waals surface area contributed by atoms with Gasteiger partial charge in [-0.05, 0) is 64.3 Å². The van der Waals surface area contributed by atoms with Crippen molar-refractivity contribution in [1.29, 1.82) is 0 Å². The number of hydrogen-bond acceptors (Lipinski definition) is 5. The van der Waals surface area contributed by atoms with E-state index in [0.29, 0.717) is 13.1 Å². The largest absolute Gasteiger partial charge is 0.359 e. The van der Waals surface area contributed by atoms with Gasteiger partial charge in [-0.15, -0.1) is 11.3 Å². The molecule has 3 amide bonds. The minimum atomic E-state index is -1.11. The molecule has 2 fully saturated rings. The van der Waals surface area contributed by atoms with Crippen LogP contribution >= 0.6 is 11.3 Å². The molecule has 5 rings (SSSR count). The van der Waals surface area contributed by atoms with Crippen molar-refractivity contribution in [3.8, 4) is 0 Å². The molecule has 1 aromatic heterocycles. The van der Waals surface area contributed by atoms with Crippen LogP contribution in [0.5, 0.6) is 0 Å². The van der Waals surface area contributed by atoms with Crippen LogP contribution in [0.25, 0.3) is 0 Å². The van der Waals surface area contributed by atoms with Gasteiger partial charge in [-0.1, -0.05) is 29.9 Å². The van der Waals surface area contributed by atoms with E-state index < -0.39 is 35.1 Å². The molecule has 0 aromatic carbocycles. The van der Waals surface area contributed by atoms with E-state index in [1.807, 2.05) is 50.4 Å². The fourth-order valence-electron chi connectivity index (χ4n) is 6.05. The third-order valence-electron chi connectivity index (χ3n) is 7.50. The molecule has 5 atom stereocenters. The van der Waals surface area contributed by atoms with Gasteiger partial charge in [-0.25, -0.2) is 0 Å². The molecule has 2 saturated heterocycles. The summed E-state index contributed by atoms with van der Waals surface area (Å²) >= 11 is 1.58. The Morgan fingerprint density at radius 2 is 2.09 bits per heavy atom. The summed E-state index contributed by atoms with van der Waals surface area (Å²) in [7, 11) is 0. The van der Waals surface area contributed by atoms with E-state index in [2.05, 4.69) is 16.7 Å². The lowest BCUT2D eigenvalue weighted by Crippen LogP contribution is -2.58. The molecular formula is C27H35N3O4S. The number of hydrogen-bond donors (Lipinski definition) is 2. The van der Waals surface area contributed by atoms with Crippen LogP contribution in [0.2, 0.25) is 0 Å². The molecule has 4 heterocycles. The maximum absolute atomic E-state index is 13.9. The van der Waals surface area contributed by atoms with Crippen molar-refractivity contribution in [2.75, 3.05) is 6.54 Å². The number of carbonyl (C=O) groups is 3. The van der Waals surface area contributed by atoms with Gasteiger partial charge in [-0.2, -0.15) is 0 Å². The molecule has 3 aliphatic heterocycles. The van der Waals surface area contributed by atoms with Gasteiger partial charge in [0.2, 0.25) is 17.7 Å². The summed E-state index contributed by atoms with van der Waals surface area (Å²) < 4.78 is 6.39. The van der Waals surface area contributed by atoms with Gasteiger partial charge in [0.1, 0.15) is 11.6 Å². The number of carbonyl (C=O) groups excluding carboxylic acids is 3. The molecule has 1 spiro atoms. The van der Waals surface area contributed by atoms with E-state index in [1.165, 1.54) is 18.4 Å². The third kappa shape index (κ3) is 4.47. The topological polar surface area (TPSA) is 87.7 Å². The highest BCUT2D eigenvalue weighted by Gasteiger charge is 2.72. The van der Waals surface area contributed by atoms with Crippen LogP contribution in [0.3, 0.4) is 0 Å². The second kappa shape index (κ2) is 9.21. The SMILES string of the molecule is CC(C)(C)NC(=O)C1N(CCC2=CCCCC2)C(=O)C2C(C(=O)NCc3cccs3)C3C=C[C@]21O3. The summed E-state index contributed by atoms with van der Waals surface area (Å²) in [6, 6.07) is 3.13. The maximum atomic E-state index is 13.9. The minimum Gasteiger partial charge on any atom is -0.359 e. The zero-order chi connectivity index (χ0) is 24.8. The molecule has 7 nitrogen and oxygen atoms in total. The van der Waals surface area contributed by atoms with Gasteiger partial charge in [-0.3, -0.25) is 14.4 Å². The standard InChI is InChI=1S/C27H35N3O4S/c1-26(2,3)29-24(32)22-27-13-11-19(34-27)20(23(31)28-16-18-10-7-15-35-18)21(27)25(33)30(22)14-12-17-8-5-4-6-9-17/h7-8,10-11,13,15,19-22H,4-6,9,12,14,16H2,1-3H3,(H,28,31)(H,29,32)/t19?,20?,21?,22?,27-/m0/s1. The lowest BCUT2D eigenvalue weighted by Gasteiger charge is -2.34. The summed E-state index contributed by atoms with van der Waals surface area (Å²) in [4.78, 5) is 43.6. The molecule has 188 valence electrons. The van der Waals surface area contributed by atoms with E-state index in [1.54, 1.807) is 16.2 Å². The Morgan fingerprint density at radius 1 is 1.26 bits per heavy atom. The lowest BCUT2D eigenvalue weighted by atomic mass is 9.74. The molecule has 8 heteroatoms. The number of thiophene rings is 1. The van der Waals surface area contributed by atoms with Gasteiger partial charge in [0.15, 0.2) is 0 Å². The van der Waals surface area contributed by atoms with Crippen molar-refractivity contribution in [3.63, 3.8) is 0 Å². The maximum Gasteiger partial charge on any atom is 0.246 e. The normalized spacial score (nSPS) is 31.5. The average Bonchev–Trinajstić information content (AvgIpc) is 3.57. The Bertz CT molecular complexity index is 1060. The summed E-state index contributed by atoms with van der Waals surface area (Å²) in [6.45, 7) is 6.66. The van der Waals surface area contributed by atoms with Crippen LogP contribution in [-0.2, 0) is 25.7 Å². The Balaban J connectivity index is 1.41. The summed E-state index contributed by atoms with van der Waals surface area (Å²) in [5.74, 6) is -1.91. The van der Waals surface area contributed by atoms with Crippen molar-refractivity contribution in [2.24, 2.45) is 11.8 Å². The van der Waals surface area contributed by atoms with Gasteiger partial charge >= 0.3 is 0 Å². The van der Waals surface area contributed by atoms with Crippen LogP contribution < -0.4 is 10.6 Å². The Hall–Kier alpha value is -2.45. The molecule has 4 unspecified atom stereocenters. The van der Waals surface area contributed by atoms with E-state index >= 15 is 0 Å².